The van der Waals surface area contributed by atoms with E-state index in [2.05, 4.69) is 0 Å². The molecule has 2 rings (SSSR count). The zero-order chi connectivity index (χ0) is 13.6. The van der Waals surface area contributed by atoms with Crippen molar-refractivity contribution >= 4 is 31.0 Å². The van der Waals surface area contributed by atoms with Gasteiger partial charge >= 0.3 is 0 Å². The Labute approximate surface area is 103 Å². The van der Waals surface area contributed by atoms with Crippen LogP contribution in [-0.2, 0) is 20.2 Å². The maximum atomic E-state index is 10.9. The average molecular weight is 287 g/mol. The van der Waals surface area contributed by atoms with Crippen LogP contribution in [0.5, 0.6) is 0 Å². The lowest BCUT2D eigenvalue weighted by Gasteiger charge is -2.08. The smallest absolute Gasteiger partial charge is 0.294 e. The predicted molar refractivity (Wildman–Crippen MR) is 61.7 cm³/mol. The molecule has 0 saturated carbocycles. The highest BCUT2D eigenvalue weighted by molar-refractivity contribution is 7.86. The van der Waals surface area contributed by atoms with Gasteiger partial charge in [0, 0.05) is 0 Å². The number of hydrogen-bond acceptors (Lipinski definition) is 5. The Kier molecular flexibility index (Phi) is 2.90. The standard InChI is InChI=1S/C10H8O6S2/c11-17(12,13)9-3-1-7-2-4-10(18(14,15)16)6-8(7)5-9/h1-6H,(H,11,12,13)(H,14,15,16)/p-1. The van der Waals surface area contributed by atoms with Crippen molar-refractivity contribution in [1.82, 2.24) is 0 Å². The van der Waals surface area contributed by atoms with Gasteiger partial charge in [-0.1, -0.05) is 12.1 Å². The van der Waals surface area contributed by atoms with Gasteiger partial charge in [0.25, 0.3) is 10.1 Å². The molecule has 0 aliphatic rings. The summed E-state index contributed by atoms with van der Waals surface area (Å²) in [7, 11) is -8.97. The molecule has 1 N–H and O–H groups in total. The van der Waals surface area contributed by atoms with Crippen molar-refractivity contribution in [1.29, 1.82) is 0 Å². The zero-order valence-electron chi connectivity index (χ0n) is 8.77. The molecule has 18 heavy (non-hydrogen) atoms. The summed E-state index contributed by atoms with van der Waals surface area (Å²) in [5.74, 6) is 0. The molecule has 96 valence electrons. The van der Waals surface area contributed by atoms with Crippen LogP contribution in [0.25, 0.3) is 10.8 Å². The molecule has 0 unspecified atom stereocenters. The molecule has 0 aliphatic heterocycles. The molecule has 0 aliphatic carbocycles. The first-order valence-electron chi connectivity index (χ1n) is 4.65. The van der Waals surface area contributed by atoms with E-state index in [0.717, 1.165) is 18.2 Å². The van der Waals surface area contributed by atoms with E-state index in [-0.39, 0.29) is 10.3 Å². The normalized spacial score (nSPS) is 12.8. The largest absolute Gasteiger partial charge is 0.744 e. The molecule has 0 spiro atoms. The van der Waals surface area contributed by atoms with Crippen molar-refractivity contribution in [3.05, 3.63) is 36.4 Å². The van der Waals surface area contributed by atoms with Crippen LogP contribution in [0.15, 0.2) is 46.2 Å². The maximum Gasteiger partial charge on any atom is 0.294 e. The molecule has 0 amide bonds. The van der Waals surface area contributed by atoms with Gasteiger partial charge in [0.05, 0.1) is 9.79 Å². The fraction of sp³-hybridized carbons (Fsp3) is 0. The fourth-order valence-corrected chi connectivity index (χ4v) is 2.54. The van der Waals surface area contributed by atoms with Gasteiger partial charge in [0.1, 0.15) is 10.1 Å². The molecular formula is C10H7O6S2-. The Balaban J connectivity index is 2.76. The summed E-state index contributed by atoms with van der Waals surface area (Å²) in [5.41, 5.74) is 0. The SMILES string of the molecule is O=S(=O)([O-])c1ccc2ccc(S(=O)(=O)O)cc2c1. The van der Waals surface area contributed by atoms with Crippen LogP contribution in [-0.4, -0.2) is 25.9 Å². The van der Waals surface area contributed by atoms with Crippen LogP contribution < -0.4 is 0 Å². The number of fused-ring (bicyclic) bond motifs is 1. The lowest BCUT2D eigenvalue weighted by molar-refractivity contribution is 0.463. The monoisotopic (exact) mass is 287 g/mol. The zero-order valence-corrected chi connectivity index (χ0v) is 10.4. The third-order valence-electron chi connectivity index (χ3n) is 2.37. The van der Waals surface area contributed by atoms with Crippen molar-refractivity contribution in [3.63, 3.8) is 0 Å². The van der Waals surface area contributed by atoms with Crippen LogP contribution in [0, 0.1) is 0 Å². The van der Waals surface area contributed by atoms with E-state index in [0.29, 0.717) is 5.39 Å². The van der Waals surface area contributed by atoms with Gasteiger partial charge in [-0.15, -0.1) is 0 Å². The van der Waals surface area contributed by atoms with Gasteiger partial charge in [0.15, 0.2) is 0 Å². The Morgan fingerprint density at radius 1 is 0.833 bits per heavy atom. The highest BCUT2D eigenvalue weighted by Gasteiger charge is 2.10. The van der Waals surface area contributed by atoms with E-state index in [1.54, 1.807) is 0 Å². The maximum absolute atomic E-state index is 10.9. The molecule has 0 atom stereocenters. The van der Waals surface area contributed by atoms with Crippen LogP contribution in [0.2, 0.25) is 0 Å². The molecule has 2 aromatic rings. The van der Waals surface area contributed by atoms with E-state index in [4.69, 9.17) is 4.55 Å². The van der Waals surface area contributed by atoms with Crippen LogP contribution in [0.4, 0.5) is 0 Å². The van der Waals surface area contributed by atoms with Gasteiger partial charge in [-0.3, -0.25) is 4.55 Å². The van der Waals surface area contributed by atoms with E-state index in [1.807, 2.05) is 0 Å². The van der Waals surface area contributed by atoms with Gasteiger partial charge < -0.3 is 4.55 Å². The topological polar surface area (TPSA) is 112 Å². The molecule has 0 bridgehead atoms. The van der Waals surface area contributed by atoms with Crippen LogP contribution in [0.1, 0.15) is 0 Å². The first-order chi connectivity index (χ1) is 8.18. The third kappa shape index (κ3) is 2.51. The van der Waals surface area contributed by atoms with Gasteiger partial charge in [0.2, 0.25) is 0 Å². The van der Waals surface area contributed by atoms with E-state index in [1.165, 1.54) is 18.2 Å². The lowest BCUT2D eigenvalue weighted by Crippen LogP contribution is -1.99. The summed E-state index contributed by atoms with van der Waals surface area (Å²) >= 11 is 0. The molecule has 0 heterocycles. The summed E-state index contributed by atoms with van der Waals surface area (Å²) in [6.45, 7) is 0. The lowest BCUT2D eigenvalue weighted by atomic mass is 10.1. The molecule has 2 aromatic carbocycles. The Morgan fingerprint density at radius 2 is 1.33 bits per heavy atom. The van der Waals surface area contributed by atoms with Crippen molar-refractivity contribution in [2.45, 2.75) is 9.79 Å². The second-order valence-electron chi connectivity index (χ2n) is 3.60. The molecule has 6 nitrogen and oxygen atoms in total. The summed E-state index contributed by atoms with van der Waals surface area (Å²) in [5, 5.41) is 0.789. The first-order valence-corrected chi connectivity index (χ1v) is 7.50. The fourth-order valence-electron chi connectivity index (χ4n) is 1.52. The highest BCUT2D eigenvalue weighted by Crippen LogP contribution is 2.22. The Hall–Kier alpha value is -1.48. The minimum absolute atomic E-state index is 0.238. The molecule has 0 radical (unpaired) electrons. The molecule has 0 saturated heterocycles. The van der Waals surface area contributed by atoms with Crippen LogP contribution >= 0.6 is 0 Å². The van der Waals surface area contributed by atoms with E-state index in [9.17, 15) is 21.4 Å². The average Bonchev–Trinajstić information content (AvgIpc) is 2.25. The molecule has 0 aromatic heterocycles. The quantitative estimate of drug-likeness (QED) is 0.824. The second-order valence-corrected chi connectivity index (χ2v) is 6.40. The minimum Gasteiger partial charge on any atom is -0.744 e. The molecule has 0 fully saturated rings. The van der Waals surface area contributed by atoms with Crippen molar-refractivity contribution in [2.24, 2.45) is 0 Å². The van der Waals surface area contributed by atoms with Crippen LogP contribution in [0.3, 0.4) is 0 Å². The van der Waals surface area contributed by atoms with E-state index >= 15 is 0 Å². The number of benzene rings is 2. The summed E-state index contributed by atoms with van der Waals surface area (Å²) in [4.78, 5) is -0.821. The van der Waals surface area contributed by atoms with Crippen molar-refractivity contribution < 1.29 is 25.9 Å². The molecule has 8 heteroatoms. The summed E-state index contributed by atoms with van der Waals surface area (Å²) in [6, 6.07) is 7.26. The Morgan fingerprint density at radius 3 is 1.83 bits per heavy atom. The van der Waals surface area contributed by atoms with Gasteiger partial charge in [-0.2, -0.15) is 8.42 Å². The molecular weight excluding hydrogens is 280 g/mol. The van der Waals surface area contributed by atoms with E-state index < -0.39 is 25.1 Å². The first kappa shape index (κ1) is 13.0. The third-order valence-corrected chi connectivity index (χ3v) is 4.05. The minimum atomic E-state index is -4.60. The summed E-state index contributed by atoms with van der Waals surface area (Å²) < 4.78 is 63.2. The van der Waals surface area contributed by atoms with Crippen molar-refractivity contribution in [3.8, 4) is 0 Å². The highest BCUT2D eigenvalue weighted by atomic mass is 32.2. The number of rotatable bonds is 2. The number of hydrogen-bond donors (Lipinski definition) is 1. The summed E-state index contributed by atoms with van der Waals surface area (Å²) in [6.07, 6.45) is 0. The Bertz CT molecular complexity index is 754. The van der Waals surface area contributed by atoms with Gasteiger partial charge in [-0.25, -0.2) is 8.42 Å². The second kappa shape index (κ2) is 4.02. The van der Waals surface area contributed by atoms with Gasteiger partial charge in [-0.05, 0) is 35.0 Å². The predicted octanol–water partition coefficient (Wildman–Crippen LogP) is 0.991. The van der Waals surface area contributed by atoms with Crippen molar-refractivity contribution in [2.75, 3.05) is 0 Å².